The number of rotatable bonds is 2. The van der Waals surface area contributed by atoms with E-state index in [-0.39, 0.29) is 11.3 Å². The van der Waals surface area contributed by atoms with E-state index in [9.17, 15) is 13.2 Å². The summed E-state index contributed by atoms with van der Waals surface area (Å²) in [6.07, 6.45) is -7.24. The maximum absolute atomic E-state index is 12.3. The maximum atomic E-state index is 12.3. The molecule has 0 aliphatic rings. The van der Waals surface area contributed by atoms with Crippen molar-refractivity contribution in [2.24, 2.45) is 0 Å². The molecule has 84 valence electrons. The fourth-order valence-electron chi connectivity index (χ4n) is 1.10. The molecule has 0 radical (unpaired) electrons. The summed E-state index contributed by atoms with van der Waals surface area (Å²) < 4.78 is 42.0. The Hall–Kier alpha value is -0.750. The van der Waals surface area contributed by atoms with E-state index in [1.54, 1.807) is 0 Å². The van der Waals surface area contributed by atoms with E-state index in [1.807, 2.05) is 0 Å². The van der Waals surface area contributed by atoms with E-state index >= 15 is 0 Å². The van der Waals surface area contributed by atoms with Crippen LogP contribution in [0.15, 0.2) is 22.7 Å². The number of benzene rings is 1. The van der Waals surface area contributed by atoms with E-state index in [0.29, 0.717) is 4.47 Å². The smallest absolute Gasteiger partial charge is 0.418 e. The van der Waals surface area contributed by atoms with Crippen molar-refractivity contribution >= 4 is 15.9 Å². The number of ether oxygens (including phenoxy) is 1. The predicted octanol–water partition coefficient (Wildman–Crippen LogP) is 3.05. The summed E-state index contributed by atoms with van der Waals surface area (Å²) in [6, 6.07) is 4.07. The largest absolute Gasteiger partial charge is 0.496 e. The van der Waals surface area contributed by atoms with Crippen molar-refractivity contribution in [3.63, 3.8) is 0 Å². The molecule has 1 aromatic carbocycles. The topological polar surface area (TPSA) is 29.5 Å². The number of hydrogen-bond donors (Lipinski definition) is 1. The number of alkyl halides is 3. The average Bonchev–Trinajstić information content (AvgIpc) is 2.15. The lowest BCUT2D eigenvalue weighted by molar-refractivity contribution is -0.207. The molecular weight excluding hydrogens is 277 g/mol. The molecule has 1 aromatic rings. The number of methoxy groups -OCH3 is 1. The summed E-state index contributed by atoms with van der Waals surface area (Å²) in [6.45, 7) is 0. The van der Waals surface area contributed by atoms with Crippen molar-refractivity contribution < 1.29 is 23.0 Å². The van der Waals surface area contributed by atoms with Gasteiger partial charge in [0, 0.05) is 10.0 Å². The summed E-state index contributed by atoms with van der Waals surface area (Å²) in [5.41, 5.74) is -0.306. The van der Waals surface area contributed by atoms with Gasteiger partial charge in [0.2, 0.25) is 0 Å². The molecule has 0 saturated heterocycles. The zero-order chi connectivity index (χ0) is 11.6. The van der Waals surface area contributed by atoms with Gasteiger partial charge < -0.3 is 9.84 Å². The zero-order valence-corrected chi connectivity index (χ0v) is 9.26. The second-order valence-corrected chi connectivity index (χ2v) is 3.75. The van der Waals surface area contributed by atoms with Crippen LogP contribution in [0.25, 0.3) is 0 Å². The van der Waals surface area contributed by atoms with Crippen LogP contribution in [-0.4, -0.2) is 18.4 Å². The van der Waals surface area contributed by atoms with Crippen molar-refractivity contribution in [2.45, 2.75) is 12.3 Å². The van der Waals surface area contributed by atoms with Crippen molar-refractivity contribution in [3.8, 4) is 5.75 Å². The summed E-state index contributed by atoms with van der Waals surface area (Å²) in [7, 11) is 1.25. The number of aliphatic hydroxyl groups excluding tert-OH is 1. The Balaban J connectivity index is 3.17. The lowest BCUT2D eigenvalue weighted by Crippen LogP contribution is -2.20. The molecule has 0 saturated carbocycles. The molecule has 0 aliphatic carbocycles. The molecule has 0 spiro atoms. The minimum atomic E-state index is -4.70. The van der Waals surface area contributed by atoms with Crippen LogP contribution in [0.2, 0.25) is 0 Å². The quantitative estimate of drug-likeness (QED) is 0.905. The van der Waals surface area contributed by atoms with Crippen LogP contribution in [0.5, 0.6) is 5.75 Å². The Morgan fingerprint density at radius 2 is 2.00 bits per heavy atom. The molecule has 1 unspecified atom stereocenters. The summed E-state index contributed by atoms with van der Waals surface area (Å²) in [4.78, 5) is 0. The molecule has 0 aliphatic heterocycles. The van der Waals surface area contributed by atoms with Gasteiger partial charge in [0.15, 0.2) is 6.10 Å². The molecule has 1 rings (SSSR count). The highest BCUT2D eigenvalue weighted by Gasteiger charge is 2.40. The zero-order valence-electron chi connectivity index (χ0n) is 7.68. The van der Waals surface area contributed by atoms with Gasteiger partial charge in [-0.3, -0.25) is 0 Å². The first-order valence-electron chi connectivity index (χ1n) is 3.94. The normalized spacial score (nSPS) is 13.7. The SMILES string of the molecule is COc1ccc(Br)cc1C(O)C(F)(F)F. The summed E-state index contributed by atoms with van der Waals surface area (Å²) >= 11 is 3.03. The number of aliphatic hydroxyl groups is 1. The highest BCUT2D eigenvalue weighted by molar-refractivity contribution is 9.10. The van der Waals surface area contributed by atoms with Crippen LogP contribution in [0.4, 0.5) is 13.2 Å². The minimum absolute atomic E-state index is 0.00280. The van der Waals surface area contributed by atoms with Gasteiger partial charge in [-0.1, -0.05) is 15.9 Å². The van der Waals surface area contributed by atoms with Crippen molar-refractivity contribution in [2.75, 3.05) is 7.11 Å². The molecule has 0 heterocycles. The van der Waals surface area contributed by atoms with Gasteiger partial charge >= 0.3 is 6.18 Å². The van der Waals surface area contributed by atoms with Crippen molar-refractivity contribution in [1.29, 1.82) is 0 Å². The fourth-order valence-corrected chi connectivity index (χ4v) is 1.47. The number of hydrogen-bond acceptors (Lipinski definition) is 2. The molecule has 0 fully saturated rings. The molecule has 0 amide bonds. The van der Waals surface area contributed by atoms with Gasteiger partial charge in [-0.2, -0.15) is 13.2 Å². The van der Waals surface area contributed by atoms with Gasteiger partial charge in [-0.05, 0) is 18.2 Å². The lowest BCUT2D eigenvalue weighted by Gasteiger charge is -2.17. The highest BCUT2D eigenvalue weighted by atomic mass is 79.9. The molecule has 2 nitrogen and oxygen atoms in total. The van der Waals surface area contributed by atoms with E-state index in [4.69, 9.17) is 9.84 Å². The maximum Gasteiger partial charge on any atom is 0.418 e. The molecule has 1 N–H and O–H groups in total. The Bertz CT molecular complexity index is 352. The second-order valence-electron chi connectivity index (χ2n) is 2.83. The van der Waals surface area contributed by atoms with Gasteiger partial charge in [0.25, 0.3) is 0 Å². The van der Waals surface area contributed by atoms with Gasteiger partial charge in [0.05, 0.1) is 7.11 Å². The van der Waals surface area contributed by atoms with Gasteiger partial charge in [-0.15, -0.1) is 0 Å². The van der Waals surface area contributed by atoms with Crippen LogP contribution in [0.3, 0.4) is 0 Å². The van der Waals surface area contributed by atoms with Crippen molar-refractivity contribution in [3.05, 3.63) is 28.2 Å². The van der Waals surface area contributed by atoms with E-state index in [1.165, 1.54) is 25.3 Å². The minimum Gasteiger partial charge on any atom is -0.496 e. The second kappa shape index (κ2) is 4.40. The predicted molar refractivity (Wildman–Crippen MR) is 51.7 cm³/mol. The first kappa shape index (κ1) is 12.3. The standard InChI is InChI=1S/C9H8BrF3O2/c1-15-7-3-2-5(10)4-6(7)8(14)9(11,12)13/h2-4,8,14H,1H3. The third-order valence-electron chi connectivity index (χ3n) is 1.80. The molecule has 0 bridgehead atoms. The van der Waals surface area contributed by atoms with Crippen molar-refractivity contribution in [1.82, 2.24) is 0 Å². The third kappa shape index (κ3) is 2.85. The monoisotopic (exact) mass is 284 g/mol. The third-order valence-corrected chi connectivity index (χ3v) is 2.29. The van der Waals surface area contributed by atoms with Crippen LogP contribution in [-0.2, 0) is 0 Å². The molecule has 6 heteroatoms. The van der Waals surface area contributed by atoms with Crippen LogP contribution in [0, 0.1) is 0 Å². The van der Waals surface area contributed by atoms with Crippen LogP contribution < -0.4 is 4.74 Å². The summed E-state index contributed by atoms with van der Waals surface area (Å²) in [5.74, 6) is 0.00280. The molecule has 1 atom stereocenters. The lowest BCUT2D eigenvalue weighted by atomic mass is 10.1. The van der Waals surface area contributed by atoms with Crippen LogP contribution >= 0.6 is 15.9 Å². The number of halogens is 4. The first-order chi connectivity index (χ1) is 6.86. The Kier molecular flexibility index (Phi) is 3.62. The summed E-state index contributed by atoms with van der Waals surface area (Å²) in [5, 5.41) is 9.07. The van der Waals surface area contributed by atoms with Gasteiger partial charge in [-0.25, -0.2) is 0 Å². The first-order valence-corrected chi connectivity index (χ1v) is 4.73. The van der Waals surface area contributed by atoms with E-state index in [2.05, 4.69) is 15.9 Å². The average molecular weight is 285 g/mol. The molecular formula is C9H8BrF3O2. The van der Waals surface area contributed by atoms with E-state index in [0.717, 1.165) is 0 Å². The highest BCUT2D eigenvalue weighted by Crippen LogP contribution is 2.38. The van der Waals surface area contributed by atoms with Crippen LogP contribution in [0.1, 0.15) is 11.7 Å². The Morgan fingerprint density at radius 3 is 2.47 bits per heavy atom. The fraction of sp³-hybridized carbons (Fsp3) is 0.333. The Morgan fingerprint density at radius 1 is 1.40 bits per heavy atom. The van der Waals surface area contributed by atoms with E-state index < -0.39 is 12.3 Å². The molecule has 0 aromatic heterocycles. The van der Waals surface area contributed by atoms with Gasteiger partial charge in [0.1, 0.15) is 5.75 Å². The molecule has 15 heavy (non-hydrogen) atoms. The Labute approximate surface area is 92.8 Å².